The largest absolute Gasteiger partial charge is 0.397 e. The van der Waals surface area contributed by atoms with Crippen LogP contribution in [-0.2, 0) is 19.4 Å². The third-order valence-electron chi connectivity index (χ3n) is 1.92. The number of nitrogens with one attached hydrogen (secondary N) is 1. The fourth-order valence-electron chi connectivity index (χ4n) is 1.29. The van der Waals surface area contributed by atoms with Gasteiger partial charge in [0.2, 0.25) is 5.91 Å². The Kier molecular flexibility index (Phi) is 6.02. The van der Waals surface area contributed by atoms with Gasteiger partial charge in [0.25, 0.3) is 0 Å². The number of hydrogen-bond acceptors (Lipinski definition) is 6. The summed E-state index contributed by atoms with van der Waals surface area (Å²) in [5.74, 6) is -0.0520. The van der Waals surface area contributed by atoms with Crippen molar-refractivity contribution in [3.63, 3.8) is 0 Å². The molecule has 0 fully saturated rings. The maximum Gasteiger partial charge on any atom is 0.397 e. The fourth-order valence-corrected chi connectivity index (χ4v) is 2.30. The molecule has 9 heteroatoms. The molecule has 0 aliphatic heterocycles. The average molecular weight is 318 g/mol. The van der Waals surface area contributed by atoms with Crippen molar-refractivity contribution >= 4 is 43.5 Å². The number of anilines is 1. The number of aromatic nitrogens is 1. The van der Waals surface area contributed by atoms with E-state index in [9.17, 15) is 13.2 Å². The summed E-state index contributed by atoms with van der Waals surface area (Å²) in [5, 5.41) is 2.73. The molecule has 1 amide bonds. The zero-order valence-electron chi connectivity index (χ0n) is 10.9. The van der Waals surface area contributed by atoms with Crippen molar-refractivity contribution in [2.45, 2.75) is 13.8 Å². The number of fused-ring (bicyclic) bond motifs is 1. The number of rotatable bonds is 3. The quantitative estimate of drug-likeness (QED) is 0.839. The molecule has 2 rings (SSSR count). The van der Waals surface area contributed by atoms with E-state index < -0.39 is 10.4 Å². The Bertz CT molecular complexity index is 681. The third kappa shape index (κ3) is 6.06. The van der Waals surface area contributed by atoms with E-state index in [2.05, 4.69) is 14.5 Å². The lowest BCUT2D eigenvalue weighted by Gasteiger charge is -1.99. The van der Waals surface area contributed by atoms with Gasteiger partial charge in [-0.3, -0.25) is 9.35 Å². The Morgan fingerprint density at radius 2 is 2.20 bits per heavy atom. The topological polar surface area (TPSA) is 106 Å². The molecule has 0 spiro atoms. The van der Waals surface area contributed by atoms with E-state index in [4.69, 9.17) is 4.55 Å². The van der Waals surface area contributed by atoms with Crippen LogP contribution in [0.15, 0.2) is 23.7 Å². The second-order valence-corrected chi connectivity index (χ2v) is 5.53. The molecular formula is C11H14N2O5S2. The maximum atomic E-state index is 10.8. The lowest BCUT2D eigenvalue weighted by atomic mass is 10.3. The van der Waals surface area contributed by atoms with Crippen LogP contribution in [0.4, 0.5) is 5.69 Å². The fraction of sp³-hybridized carbons (Fsp3) is 0.273. The Labute approximate surface area is 120 Å². The van der Waals surface area contributed by atoms with Crippen molar-refractivity contribution in [3.05, 3.63) is 23.7 Å². The minimum Gasteiger partial charge on any atom is -0.326 e. The first-order valence-corrected chi connectivity index (χ1v) is 7.79. The highest BCUT2D eigenvalue weighted by Gasteiger charge is 1.99. The van der Waals surface area contributed by atoms with Gasteiger partial charge >= 0.3 is 10.4 Å². The predicted octanol–water partition coefficient (Wildman–Crippen LogP) is 2.08. The summed E-state index contributed by atoms with van der Waals surface area (Å²) in [7, 11) is -4.17. The summed E-state index contributed by atoms with van der Waals surface area (Å²) in [6.45, 7) is 2.93. The first-order chi connectivity index (χ1) is 9.31. The molecule has 0 aliphatic rings. The molecular weight excluding hydrogens is 304 g/mol. The monoisotopic (exact) mass is 318 g/mol. The molecule has 1 heterocycles. The highest BCUT2D eigenvalue weighted by Crippen LogP contribution is 2.21. The van der Waals surface area contributed by atoms with E-state index in [-0.39, 0.29) is 12.5 Å². The Balaban J connectivity index is 0.000000246. The van der Waals surface area contributed by atoms with Gasteiger partial charge in [0, 0.05) is 12.6 Å². The molecule has 0 radical (unpaired) electrons. The number of carbonyl (C=O) groups excluding carboxylic acids is 1. The van der Waals surface area contributed by atoms with Gasteiger partial charge in [-0.05, 0) is 25.1 Å². The molecule has 0 saturated carbocycles. The Morgan fingerprint density at radius 3 is 2.70 bits per heavy atom. The summed E-state index contributed by atoms with van der Waals surface area (Å²) < 4.78 is 31.7. The van der Waals surface area contributed by atoms with Gasteiger partial charge in [0.15, 0.2) is 0 Å². The highest BCUT2D eigenvalue weighted by molar-refractivity contribution is 7.80. The molecule has 110 valence electrons. The second kappa shape index (κ2) is 7.29. The number of amides is 1. The van der Waals surface area contributed by atoms with E-state index in [0.717, 1.165) is 15.9 Å². The molecule has 1 aromatic carbocycles. The van der Waals surface area contributed by atoms with Gasteiger partial charge in [0.05, 0.1) is 22.3 Å². The standard InChI is InChI=1S/C9H8N2OS.C2H6O4S/c1-6(12)11-7-2-3-8-9(4-7)13-5-10-8;1-2-6-7(3,4)5/h2-5H,1H3,(H,11,12);2H2,1H3,(H,3,4,5). The molecule has 1 aromatic heterocycles. The van der Waals surface area contributed by atoms with Crippen LogP contribution in [0.1, 0.15) is 13.8 Å². The van der Waals surface area contributed by atoms with Crippen LogP contribution in [0.3, 0.4) is 0 Å². The third-order valence-corrected chi connectivity index (χ3v) is 3.24. The van der Waals surface area contributed by atoms with Crippen molar-refractivity contribution in [1.82, 2.24) is 4.98 Å². The number of carbonyl (C=O) groups is 1. The normalized spacial score (nSPS) is 10.8. The van der Waals surface area contributed by atoms with Crippen molar-refractivity contribution < 1.29 is 21.9 Å². The predicted molar refractivity (Wildman–Crippen MR) is 77.1 cm³/mol. The van der Waals surface area contributed by atoms with Crippen LogP contribution < -0.4 is 5.32 Å². The first kappa shape index (κ1) is 16.5. The van der Waals surface area contributed by atoms with Gasteiger partial charge in [-0.1, -0.05) is 0 Å². The molecule has 2 N–H and O–H groups in total. The summed E-state index contributed by atoms with van der Waals surface area (Å²) in [4.78, 5) is 14.9. The van der Waals surface area contributed by atoms with Crippen molar-refractivity contribution in [1.29, 1.82) is 0 Å². The van der Waals surface area contributed by atoms with Gasteiger partial charge in [-0.15, -0.1) is 11.3 Å². The molecule has 0 aliphatic carbocycles. The van der Waals surface area contributed by atoms with Crippen molar-refractivity contribution in [2.75, 3.05) is 11.9 Å². The lowest BCUT2D eigenvalue weighted by molar-refractivity contribution is -0.114. The Hall–Kier alpha value is -1.55. The molecule has 0 atom stereocenters. The van der Waals surface area contributed by atoms with Crippen molar-refractivity contribution in [2.24, 2.45) is 0 Å². The number of nitrogens with zero attached hydrogens (tertiary/aromatic N) is 1. The van der Waals surface area contributed by atoms with Crippen LogP contribution in [0.25, 0.3) is 10.2 Å². The minimum absolute atomic E-state index is 0.0289. The number of hydrogen-bond donors (Lipinski definition) is 2. The van der Waals surface area contributed by atoms with E-state index in [1.807, 2.05) is 18.2 Å². The van der Waals surface area contributed by atoms with E-state index in [1.165, 1.54) is 13.8 Å². The second-order valence-electron chi connectivity index (χ2n) is 3.55. The lowest BCUT2D eigenvalue weighted by Crippen LogP contribution is -2.05. The first-order valence-electron chi connectivity index (χ1n) is 5.54. The number of benzene rings is 1. The van der Waals surface area contributed by atoms with Crippen molar-refractivity contribution in [3.8, 4) is 0 Å². The zero-order chi connectivity index (χ0) is 15.2. The smallest absolute Gasteiger partial charge is 0.326 e. The van der Waals surface area contributed by atoms with E-state index in [1.54, 1.807) is 16.8 Å². The molecule has 0 bridgehead atoms. The minimum atomic E-state index is -4.17. The van der Waals surface area contributed by atoms with Crippen LogP contribution in [0.5, 0.6) is 0 Å². The van der Waals surface area contributed by atoms with Crippen LogP contribution in [0.2, 0.25) is 0 Å². The summed E-state index contributed by atoms with van der Waals surface area (Å²) in [5.41, 5.74) is 3.59. The molecule has 2 aromatic rings. The maximum absolute atomic E-state index is 10.8. The average Bonchev–Trinajstić information content (AvgIpc) is 2.74. The summed E-state index contributed by atoms with van der Waals surface area (Å²) in [6.07, 6.45) is 0. The van der Waals surface area contributed by atoms with E-state index >= 15 is 0 Å². The zero-order valence-corrected chi connectivity index (χ0v) is 12.5. The van der Waals surface area contributed by atoms with Crippen LogP contribution in [-0.4, -0.2) is 30.5 Å². The Morgan fingerprint density at radius 1 is 1.50 bits per heavy atom. The van der Waals surface area contributed by atoms with Gasteiger partial charge in [0.1, 0.15) is 0 Å². The molecule has 20 heavy (non-hydrogen) atoms. The number of thiazole rings is 1. The molecule has 0 saturated heterocycles. The molecule has 7 nitrogen and oxygen atoms in total. The van der Waals surface area contributed by atoms with Gasteiger partial charge in [-0.25, -0.2) is 9.17 Å². The summed E-state index contributed by atoms with van der Waals surface area (Å²) in [6, 6.07) is 5.68. The molecule has 0 unspecified atom stereocenters. The van der Waals surface area contributed by atoms with Gasteiger partial charge in [-0.2, -0.15) is 8.42 Å². The summed E-state index contributed by atoms with van der Waals surface area (Å²) >= 11 is 1.57. The van der Waals surface area contributed by atoms with Crippen LogP contribution in [0, 0.1) is 0 Å². The van der Waals surface area contributed by atoms with E-state index in [0.29, 0.717) is 0 Å². The highest BCUT2D eigenvalue weighted by atomic mass is 32.3. The SMILES string of the molecule is CC(=O)Nc1ccc2ncsc2c1.CCOS(=O)(=O)O. The van der Waals surface area contributed by atoms with Crippen LogP contribution >= 0.6 is 11.3 Å². The van der Waals surface area contributed by atoms with Gasteiger partial charge < -0.3 is 5.32 Å².